The van der Waals surface area contributed by atoms with Crippen molar-refractivity contribution < 1.29 is 19.4 Å². The fraction of sp³-hybridized carbons (Fsp3) is 0.263. The molecule has 12 heteroatoms. The largest absolute Gasteiger partial charge is 0.378 e. The number of nitro groups is 2. The molecule has 0 bridgehead atoms. The van der Waals surface area contributed by atoms with Gasteiger partial charge >= 0.3 is 0 Å². The van der Waals surface area contributed by atoms with Gasteiger partial charge in [0.25, 0.3) is 11.4 Å². The molecule has 1 saturated heterocycles. The van der Waals surface area contributed by atoms with Crippen molar-refractivity contribution in [3.63, 3.8) is 0 Å². The van der Waals surface area contributed by atoms with Crippen molar-refractivity contribution in [2.24, 2.45) is 5.10 Å². The number of anilines is 1. The summed E-state index contributed by atoms with van der Waals surface area (Å²) in [5.74, 6) is -0.315. The van der Waals surface area contributed by atoms with Crippen LogP contribution in [0.1, 0.15) is 5.56 Å². The minimum Gasteiger partial charge on any atom is -0.378 e. The van der Waals surface area contributed by atoms with Gasteiger partial charge in [-0.05, 0) is 18.2 Å². The third kappa shape index (κ3) is 6.23. The number of thioether (sulfide) groups is 1. The van der Waals surface area contributed by atoms with Crippen LogP contribution in [0, 0.1) is 20.2 Å². The number of hydrazone groups is 1. The second-order valence-corrected chi connectivity index (χ2v) is 7.49. The Bertz CT molecular complexity index is 992. The van der Waals surface area contributed by atoms with Crippen molar-refractivity contribution in [1.29, 1.82) is 0 Å². The number of carbonyl (C=O) groups excluding carboxylic acids is 1. The van der Waals surface area contributed by atoms with E-state index in [-0.39, 0.29) is 23.0 Å². The standard InChI is InChI=1S/C19H19N5O6S/c25-19(13-31-16-4-2-15(3-5-16)23(26)27)21-20-12-14-1-6-17(18(11-14)24(28)29)22-7-9-30-10-8-22/h1-6,11-12H,7-10,13H2,(H,21,25)/b20-12-. The maximum Gasteiger partial charge on any atom is 0.293 e. The zero-order chi connectivity index (χ0) is 22.2. The molecular weight excluding hydrogens is 426 g/mol. The first-order valence-electron chi connectivity index (χ1n) is 9.24. The van der Waals surface area contributed by atoms with E-state index in [1.165, 1.54) is 36.2 Å². The van der Waals surface area contributed by atoms with Crippen LogP contribution in [-0.2, 0) is 9.53 Å². The van der Waals surface area contributed by atoms with E-state index in [9.17, 15) is 25.0 Å². The molecule has 1 fully saturated rings. The minimum atomic E-state index is -0.492. The summed E-state index contributed by atoms with van der Waals surface area (Å²) in [7, 11) is 0. The molecule has 0 aliphatic carbocycles. The third-order valence-electron chi connectivity index (χ3n) is 4.37. The normalized spacial score (nSPS) is 13.9. The number of rotatable bonds is 8. The summed E-state index contributed by atoms with van der Waals surface area (Å²) in [6, 6.07) is 10.6. The van der Waals surface area contributed by atoms with Crippen molar-refractivity contribution in [3.05, 3.63) is 68.3 Å². The number of carbonyl (C=O) groups is 1. The number of morpholine rings is 1. The number of hydrogen-bond acceptors (Lipinski definition) is 9. The first kappa shape index (κ1) is 22.2. The van der Waals surface area contributed by atoms with Crippen LogP contribution < -0.4 is 10.3 Å². The molecule has 2 aromatic rings. The lowest BCUT2D eigenvalue weighted by Crippen LogP contribution is -2.36. The van der Waals surface area contributed by atoms with Crippen molar-refractivity contribution in [3.8, 4) is 0 Å². The molecule has 0 spiro atoms. The molecule has 0 atom stereocenters. The molecule has 0 aromatic heterocycles. The van der Waals surface area contributed by atoms with Crippen LogP contribution in [0.15, 0.2) is 52.5 Å². The number of amides is 1. The van der Waals surface area contributed by atoms with E-state index in [2.05, 4.69) is 10.5 Å². The lowest BCUT2D eigenvalue weighted by Gasteiger charge is -2.28. The lowest BCUT2D eigenvalue weighted by molar-refractivity contribution is -0.384. The number of nitrogens with one attached hydrogen (secondary N) is 1. The number of non-ortho nitro benzene ring substituents is 1. The predicted molar refractivity (Wildman–Crippen MR) is 116 cm³/mol. The van der Waals surface area contributed by atoms with Gasteiger partial charge in [-0.3, -0.25) is 25.0 Å². The average molecular weight is 445 g/mol. The monoisotopic (exact) mass is 445 g/mol. The van der Waals surface area contributed by atoms with Gasteiger partial charge in [-0.15, -0.1) is 11.8 Å². The molecule has 1 aliphatic heterocycles. The lowest BCUT2D eigenvalue weighted by atomic mass is 10.1. The molecule has 31 heavy (non-hydrogen) atoms. The first-order valence-corrected chi connectivity index (χ1v) is 10.2. The molecule has 1 heterocycles. The van der Waals surface area contributed by atoms with Crippen molar-refractivity contribution in [2.45, 2.75) is 4.90 Å². The van der Waals surface area contributed by atoms with E-state index in [0.717, 1.165) is 0 Å². The van der Waals surface area contributed by atoms with Gasteiger partial charge in [-0.25, -0.2) is 5.43 Å². The minimum absolute atomic E-state index is 0.0212. The van der Waals surface area contributed by atoms with Gasteiger partial charge in [0.05, 0.1) is 35.0 Å². The van der Waals surface area contributed by atoms with E-state index in [1.807, 2.05) is 4.90 Å². The zero-order valence-corrected chi connectivity index (χ0v) is 17.1. The van der Waals surface area contributed by atoms with Gasteiger partial charge in [-0.1, -0.05) is 6.07 Å². The van der Waals surface area contributed by atoms with E-state index in [0.29, 0.717) is 42.4 Å². The predicted octanol–water partition coefficient (Wildman–Crippen LogP) is 2.58. The molecule has 0 unspecified atom stereocenters. The van der Waals surface area contributed by atoms with Crippen molar-refractivity contribution in [2.75, 3.05) is 37.0 Å². The van der Waals surface area contributed by atoms with Crippen LogP contribution in [-0.4, -0.2) is 54.0 Å². The molecule has 1 amide bonds. The van der Waals surface area contributed by atoms with Gasteiger partial charge in [0, 0.05) is 41.7 Å². The summed E-state index contributed by atoms with van der Waals surface area (Å²) in [6.07, 6.45) is 1.34. The molecule has 1 aliphatic rings. The average Bonchev–Trinajstić information content (AvgIpc) is 2.78. The summed E-state index contributed by atoms with van der Waals surface area (Å²) >= 11 is 1.21. The topological polar surface area (TPSA) is 140 Å². The van der Waals surface area contributed by atoms with Crippen molar-refractivity contribution in [1.82, 2.24) is 5.43 Å². The van der Waals surface area contributed by atoms with Crippen LogP contribution in [0.5, 0.6) is 0 Å². The Hall–Kier alpha value is -3.51. The molecule has 3 rings (SSSR count). The van der Waals surface area contributed by atoms with Gasteiger partial charge in [0.2, 0.25) is 5.91 Å². The van der Waals surface area contributed by atoms with Crippen LogP contribution in [0.25, 0.3) is 0 Å². The maximum absolute atomic E-state index is 11.9. The quantitative estimate of drug-likeness (QED) is 0.283. The smallest absolute Gasteiger partial charge is 0.293 e. The Morgan fingerprint density at radius 3 is 2.48 bits per heavy atom. The fourth-order valence-corrected chi connectivity index (χ4v) is 3.55. The molecular formula is C19H19N5O6S. The Kier molecular flexibility index (Phi) is 7.51. The van der Waals surface area contributed by atoms with E-state index < -0.39 is 9.85 Å². The maximum atomic E-state index is 11.9. The summed E-state index contributed by atoms with van der Waals surface area (Å²) in [6.45, 7) is 2.20. The number of nitrogens with zero attached hydrogens (tertiary/aromatic N) is 4. The highest BCUT2D eigenvalue weighted by Crippen LogP contribution is 2.29. The molecule has 2 aromatic carbocycles. The van der Waals surface area contributed by atoms with Gasteiger partial charge < -0.3 is 9.64 Å². The highest BCUT2D eigenvalue weighted by Gasteiger charge is 2.21. The summed E-state index contributed by atoms with van der Waals surface area (Å²) in [5, 5.41) is 26.0. The first-order chi connectivity index (χ1) is 14.9. The van der Waals surface area contributed by atoms with Gasteiger partial charge in [0.15, 0.2) is 0 Å². The van der Waals surface area contributed by atoms with E-state index >= 15 is 0 Å². The van der Waals surface area contributed by atoms with Crippen LogP contribution in [0.4, 0.5) is 17.1 Å². The van der Waals surface area contributed by atoms with Crippen LogP contribution >= 0.6 is 11.8 Å². The highest BCUT2D eigenvalue weighted by molar-refractivity contribution is 8.00. The zero-order valence-electron chi connectivity index (χ0n) is 16.3. The number of nitro benzene ring substituents is 2. The van der Waals surface area contributed by atoms with Gasteiger partial charge in [0.1, 0.15) is 5.69 Å². The SMILES string of the molecule is O=C(CSc1ccc([N+](=O)[O-])cc1)N/N=C\c1ccc(N2CCOCC2)c([N+](=O)[O-])c1. The Morgan fingerprint density at radius 1 is 1.13 bits per heavy atom. The van der Waals surface area contributed by atoms with Crippen LogP contribution in [0.3, 0.4) is 0 Å². The molecule has 1 N–H and O–H groups in total. The third-order valence-corrected chi connectivity index (χ3v) is 5.38. The van der Waals surface area contributed by atoms with Gasteiger partial charge in [-0.2, -0.15) is 5.10 Å². The Labute approximate surface area is 181 Å². The summed E-state index contributed by atoms with van der Waals surface area (Å²) in [4.78, 5) is 35.7. The van der Waals surface area contributed by atoms with E-state index in [4.69, 9.17) is 4.74 Å². The number of hydrogen-bond donors (Lipinski definition) is 1. The van der Waals surface area contributed by atoms with E-state index in [1.54, 1.807) is 24.3 Å². The second-order valence-electron chi connectivity index (χ2n) is 6.44. The Morgan fingerprint density at radius 2 is 1.84 bits per heavy atom. The Balaban J connectivity index is 1.55. The van der Waals surface area contributed by atoms with Crippen molar-refractivity contribution >= 4 is 40.9 Å². The second kappa shape index (κ2) is 10.5. The molecule has 0 saturated carbocycles. The number of benzene rings is 2. The molecule has 11 nitrogen and oxygen atoms in total. The molecule has 162 valence electrons. The highest BCUT2D eigenvalue weighted by atomic mass is 32.2. The fourth-order valence-electron chi connectivity index (χ4n) is 2.86. The summed E-state index contributed by atoms with van der Waals surface area (Å²) < 4.78 is 5.28. The molecule has 0 radical (unpaired) electrons. The summed E-state index contributed by atoms with van der Waals surface area (Å²) in [5.41, 5.74) is 3.31. The van der Waals surface area contributed by atoms with Crippen LogP contribution in [0.2, 0.25) is 0 Å². The number of ether oxygens (including phenoxy) is 1.